The van der Waals surface area contributed by atoms with E-state index in [4.69, 9.17) is 16.3 Å². The normalized spacial score (nSPS) is 13.9. The maximum Gasteiger partial charge on any atom is 0.337 e. The Hall–Kier alpha value is -2.98. The monoisotopic (exact) mass is 464 g/mol. The fraction of sp³-hybridized carbons (Fsp3) is 0.321. The zero-order chi connectivity index (χ0) is 23.4. The van der Waals surface area contributed by atoms with E-state index in [1.807, 2.05) is 43.3 Å². The highest BCUT2D eigenvalue weighted by Gasteiger charge is 2.17. The summed E-state index contributed by atoms with van der Waals surface area (Å²) in [5.41, 5.74) is 4.44. The average molecular weight is 465 g/mol. The molecule has 3 aromatic rings. The van der Waals surface area contributed by atoms with E-state index in [0.29, 0.717) is 18.1 Å². The van der Waals surface area contributed by atoms with Gasteiger partial charge >= 0.3 is 5.97 Å². The molecule has 0 spiro atoms. The van der Waals surface area contributed by atoms with Gasteiger partial charge in [-0.25, -0.2) is 4.79 Å². The van der Waals surface area contributed by atoms with Crippen LogP contribution in [0.2, 0.25) is 5.02 Å². The smallest absolute Gasteiger partial charge is 0.337 e. The average Bonchev–Trinajstić information content (AvgIpc) is 3.33. The summed E-state index contributed by atoms with van der Waals surface area (Å²) in [6.45, 7) is 2.23. The Morgan fingerprint density at radius 2 is 1.82 bits per heavy atom. The van der Waals surface area contributed by atoms with Crippen LogP contribution in [0.4, 0.5) is 0 Å². The van der Waals surface area contributed by atoms with Gasteiger partial charge in [0.05, 0.1) is 10.6 Å². The molecule has 0 aromatic heterocycles. The zero-order valence-electron chi connectivity index (χ0n) is 18.8. The highest BCUT2D eigenvalue weighted by molar-refractivity contribution is 6.33. The molecule has 4 rings (SSSR count). The van der Waals surface area contributed by atoms with Gasteiger partial charge in [0.25, 0.3) is 0 Å². The van der Waals surface area contributed by atoms with Crippen molar-refractivity contribution in [3.05, 3.63) is 81.9 Å². The second-order valence-corrected chi connectivity index (χ2v) is 9.28. The quantitative estimate of drug-likeness (QED) is 0.364. The Bertz CT molecular complexity index is 1150. The molecule has 1 aliphatic rings. The molecule has 1 aliphatic carbocycles. The Kier molecular flexibility index (Phi) is 7.24. The minimum absolute atomic E-state index is 0.0786. The number of aryl methyl sites for hydroxylation is 1. The number of aromatic carboxylic acids is 1. The number of ether oxygens (including phenoxy) is 1. The number of phenolic OH excluding ortho intramolecular Hbond substituents is 1. The van der Waals surface area contributed by atoms with E-state index < -0.39 is 5.97 Å². The minimum atomic E-state index is -1.05. The molecule has 3 aromatic carbocycles. The van der Waals surface area contributed by atoms with Gasteiger partial charge in [-0.1, -0.05) is 67.6 Å². The molecule has 5 heteroatoms. The van der Waals surface area contributed by atoms with Crippen molar-refractivity contribution in [2.24, 2.45) is 5.92 Å². The molecule has 2 N–H and O–H groups in total. The van der Waals surface area contributed by atoms with Gasteiger partial charge in [-0.05, 0) is 72.2 Å². The van der Waals surface area contributed by atoms with Crippen molar-refractivity contribution in [2.45, 2.75) is 52.1 Å². The van der Waals surface area contributed by atoms with Crippen molar-refractivity contribution in [2.75, 3.05) is 0 Å². The summed E-state index contributed by atoms with van der Waals surface area (Å²) in [5, 5.41) is 20.2. The molecule has 0 aliphatic heterocycles. The Morgan fingerprint density at radius 1 is 1.06 bits per heavy atom. The maximum absolute atomic E-state index is 11.4. The zero-order valence-corrected chi connectivity index (χ0v) is 19.6. The van der Waals surface area contributed by atoms with Crippen LogP contribution in [0.25, 0.3) is 11.1 Å². The van der Waals surface area contributed by atoms with Crippen LogP contribution in [0.3, 0.4) is 0 Å². The first-order valence-electron chi connectivity index (χ1n) is 11.5. The lowest BCUT2D eigenvalue weighted by Gasteiger charge is -2.15. The van der Waals surface area contributed by atoms with Crippen LogP contribution in [0.1, 0.15) is 59.2 Å². The van der Waals surface area contributed by atoms with E-state index in [1.54, 1.807) is 18.2 Å². The molecule has 0 heterocycles. The molecule has 4 nitrogen and oxygen atoms in total. The molecular formula is C28H29ClO4. The first-order chi connectivity index (χ1) is 15.9. The van der Waals surface area contributed by atoms with Crippen LogP contribution in [0.15, 0.2) is 54.6 Å². The summed E-state index contributed by atoms with van der Waals surface area (Å²) in [6, 6.07) is 16.7. The lowest BCUT2D eigenvalue weighted by Crippen LogP contribution is -2.01. The Labute approximate surface area is 199 Å². The summed E-state index contributed by atoms with van der Waals surface area (Å²) < 4.78 is 6.03. The highest BCUT2D eigenvalue weighted by Crippen LogP contribution is 2.35. The summed E-state index contributed by atoms with van der Waals surface area (Å²) in [5.74, 6) is 0.743. The molecule has 1 saturated carbocycles. The van der Waals surface area contributed by atoms with Crippen molar-refractivity contribution in [3.8, 4) is 22.6 Å². The molecule has 0 radical (unpaired) electrons. The summed E-state index contributed by atoms with van der Waals surface area (Å²) in [7, 11) is 0. The predicted octanol–water partition coefficient (Wildman–Crippen LogP) is 7.42. The third kappa shape index (κ3) is 5.51. The van der Waals surface area contributed by atoms with Gasteiger partial charge < -0.3 is 14.9 Å². The molecule has 172 valence electrons. The van der Waals surface area contributed by atoms with Crippen LogP contribution in [-0.4, -0.2) is 16.2 Å². The third-order valence-electron chi connectivity index (χ3n) is 6.61. The highest BCUT2D eigenvalue weighted by atomic mass is 35.5. The van der Waals surface area contributed by atoms with Crippen LogP contribution < -0.4 is 4.74 Å². The molecule has 0 bridgehead atoms. The largest absolute Gasteiger partial charge is 0.507 e. The van der Waals surface area contributed by atoms with Crippen LogP contribution in [0.5, 0.6) is 11.5 Å². The van der Waals surface area contributed by atoms with E-state index in [0.717, 1.165) is 46.6 Å². The van der Waals surface area contributed by atoms with E-state index >= 15 is 0 Å². The SMILES string of the molecule is Cc1c(OCc2cccc(-c3ccc(Cl)c(C(=O)O)c3)c2)ccc(CCC2CCCC2)c1O. The number of carbonyl (C=O) groups is 1. The molecule has 33 heavy (non-hydrogen) atoms. The van der Waals surface area contributed by atoms with Gasteiger partial charge in [-0.15, -0.1) is 0 Å². The van der Waals surface area contributed by atoms with E-state index in [-0.39, 0.29) is 10.6 Å². The summed E-state index contributed by atoms with van der Waals surface area (Å²) in [4.78, 5) is 11.4. The van der Waals surface area contributed by atoms with E-state index in [2.05, 4.69) is 0 Å². The van der Waals surface area contributed by atoms with Crippen molar-refractivity contribution >= 4 is 17.6 Å². The number of aromatic hydroxyl groups is 1. The summed E-state index contributed by atoms with van der Waals surface area (Å²) >= 11 is 6.00. The number of halogens is 1. The number of benzene rings is 3. The molecular weight excluding hydrogens is 436 g/mol. The van der Waals surface area contributed by atoms with Crippen LogP contribution in [-0.2, 0) is 13.0 Å². The minimum Gasteiger partial charge on any atom is -0.507 e. The number of hydrogen-bond acceptors (Lipinski definition) is 3. The van der Waals surface area contributed by atoms with Crippen LogP contribution >= 0.6 is 11.6 Å². The van der Waals surface area contributed by atoms with E-state index in [9.17, 15) is 15.0 Å². The molecule has 0 atom stereocenters. The number of rotatable bonds is 8. The van der Waals surface area contributed by atoms with Crippen molar-refractivity contribution in [3.63, 3.8) is 0 Å². The molecule has 1 fully saturated rings. The van der Waals surface area contributed by atoms with Gasteiger partial charge in [-0.2, -0.15) is 0 Å². The van der Waals surface area contributed by atoms with Crippen molar-refractivity contribution in [1.29, 1.82) is 0 Å². The lowest BCUT2D eigenvalue weighted by atomic mass is 9.96. The number of carboxylic acids is 1. The molecule has 0 saturated heterocycles. The van der Waals surface area contributed by atoms with Gasteiger partial charge in [0, 0.05) is 5.56 Å². The van der Waals surface area contributed by atoms with Gasteiger partial charge in [0.2, 0.25) is 0 Å². The second-order valence-electron chi connectivity index (χ2n) is 8.87. The van der Waals surface area contributed by atoms with Crippen molar-refractivity contribution < 1.29 is 19.7 Å². The third-order valence-corrected chi connectivity index (χ3v) is 6.94. The first-order valence-corrected chi connectivity index (χ1v) is 11.9. The fourth-order valence-corrected chi connectivity index (χ4v) is 4.82. The number of hydrogen-bond donors (Lipinski definition) is 2. The van der Waals surface area contributed by atoms with Crippen LogP contribution in [0, 0.1) is 12.8 Å². The topological polar surface area (TPSA) is 66.8 Å². The lowest BCUT2D eigenvalue weighted by molar-refractivity contribution is 0.0697. The first kappa shape index (κ1) is 23.2. The molecule has 0 unspecified atom stereocenters. The van der Waals surface area contributed by atoms with Crippen molar-refractivity contribution in [1.82, 2.24) is 0 Å². The van der Waals surface area contributed by atoms with Gasteiger partial charge in [0.1, 0.15) is 18.1 Å². The Balaban J connectivity index is 1.44. The predicted molar refractivity (Wildman–Crippen MR) is 131 cm³/mol. The Morgan fingerprint density at radius 3 is 2.58 bits per heavy atom. The number of carboxylic acid groups (broad SMARTS) is 1. The standard InChI is InChI=1S/C28H29ClO4/c1-18-26(14-12-21(27(18)30)10-9-19-5-2-3-6-19)33-17-20-7-4-8-22(15-20)23-11-13-25(29)24(16-23)28(31)32/h4,7-8,11-16,19,30H,2-3,5-6,9-10,17H2,1H3,(H,31,32). The molecule has 0 amide bonds. The fourth-order valence-electron chi connectivity index (χ4n) is 4.63. The van der Waals surface area contributed by atoms with Gasteiger partial charge in [0.15, 0.2) is 0 Å². The number of phenols is 1. The second kappa shape index (κ2) is 10.3. The van der Waals surface area contributed by atoms with E-state index in [1.165, 1.54) is 25.7 Å². The maximum atomic E-state index is 11.4. The summed E-state index contributed by atoms with van der Waals surface area (Å²) in [6.07, 6.45) is 7.33. The van der Waals surface area contributed by atoms with Gasteiger partial charge in [-0.3, -0.25) is 0 Å².